The largest absolute Gasteiger partial charge is 0.0760 e. The monoisotopic (exact) mass is 215 g/mol. The Bertz CT molecular complexity index is 305. The fourth-order valence-electron chi connectivity index (χ4n) is 1.64. The van der Waals surface area contributed by atoms with E-state index in [0.717, 1.165) is 6.42 Å². The second kappa shape index (κ2) is 7.27. The van der Waals surface area contributed by atoms with E-state index in [9.17, 15) is 0 Å². The van der Waals surface area contributed by atoms with E-state index >= 15 is 0 Å². The van der Waals surface area contributed by atoms with Crippen LogP contribution >= 0.6 is 0 Å². The van der Waals surface area contributed by atoms with Gasteiger partial charge in [0.15, 0.2) is 0 Å². The average Bonchev–Trinajstić information content (AvgIpc) is 2.34. The van der Waals surface area contributed by atoms with Gasteiger partial charge < -0.3 is 0 Å². The quantitative estimate of drug-likeness (QED) is 0.579. The Morgan fingerprint density at radius 1 is 1.19 bits per heavy atom. The van der Waals surface area contributed by atoms with E-state index in [1.165, 1.54) is 30.4 Å². The highest BCUT2D eigenvalue weighted by Gasteiger charge is 2.01. The predicted molar refractivity (Wildman–Crippen MR) is 71.6 cm³/mol. The topological polar surface area (TPSA) is 0 Å². The summed E-state index contributed by atoms with van der Waals surface area (Å²) in [5.74, 6) is 0.665. The van der Waals surface area contributed by atoms with E-state index in [0.29, 0.717) is 5.92 Å². The first-order valence-electron chi connectivity index (χ1n) is 6.46. The molecular formula is C16H23. The Balaban J connectivity index is 2.54. The maximum absolute atomic E-state index is 3.34. The molecule has 0 amide bonds. The van der Waals surface area contributed by atoms with Gasteiger partial charge in [-0.2, -0.15) is 0 Å². The molecular weight excluding hydrogens is 192 g/mol. The van der Waals surface area contributed by atoms with Gasteiger partial charge in [-0.25, -0.2) is 0 Å². The lowest BCUT2D eigenvalue weighted by molar-refractivity contribution is 0.733. The third-order valence-corrected chi connectivity index (χ3v) is 3.06. The summed E-state index contributed by atoms with van der Waals surface area (Å²) < 4.78 is 0. The maximum atomic E-state index is 3.34. The van der Waals surface area contributed by atoms with Crippen LogP contribution < -0.4 is 0 Å². The number of rotatable bonds is 6. The molecule has 0 fully saturated rings. The van der Waals surface area contributed by atoms with Crippen LogP contribution in [0.3, 0.4) is 0 Å². The number of hydrogen-bond donors (Lipinski definition) is 0. The molecule has 0 aliphatic rings. The smallest absolute Gasteiger partial charge is 0.0149 e. The molecule has 0 saturated heterocycles. The highest BCUT2D eigenvalue weighted by Crippen LogP contribution is 2.18. The summed E-state index contributed by atoms with van der Waals surface area (Å²) in [7, 11) is 0. The molecule has 87 valence electrons. The molecule has 1 unspecified atom stereocenters. The summed E-state index contributed by atoms with van der Waals surface area (Å²) in [5.41, 5.74) is 2.63. The number of benzene rings is 1. The van der Waals surface area contributed by atoms with Crippen LogP contribution in [0.15, 0.2) is 30.3 Å². The number of unbranched alkanes of at least 4 members (excludes halogenated alkanes) is 2. The lowest BCUT2D eigenvalue weighted by atomic mass is 9.97. The van der Waals surface area contributed by atoms with Crippen LogP contribution in [0.4, 0.5) is 0 Å². The predicted octanol–water partition coefficient (Wildman–Crippen LogP) is 5.10. The highest BCUT2D eigenvalue weighted by molar-refractivity contribution is 5.28. The van der Waals surface area contributed by atoms with E-state index < -0.39 is 0 Å². The van der Waals surface area contributed by atoms with Gasteiger partial charge in [0.2, 0.25) is 0 Å². The summed E-state index contributed by atoms with van der Waals surface area (Å²) >= 11 is 0. The van der Waals surface area contributed by atoms with Crippen LogP contribution in [0, 0.1) is 6.08 Å². The average molecular weight is 215 g/mol. The minimum absolute atomic E-state index is 0.665. The molecule has 0 nitrogen and oxygen atoms in total. The Labute approximate surface area is 100 Å². The van der Waals surface area contributed by atoms with Gasteiger partial charge in [0, 0.05) is 0 Å². The molecule has 1 aromatic rings. The van der Waals surface area contributed by atoms with E-state index in [2.05, 4.69) is 57.2 Å². The van der Waals surface area contributed by atoms with Crippen molar-refractivity contribution < 1.29 is 0 Å². The van der Waals surface area contributed by atoms with Crippen molar-refractivity contribution in [3.63, 3.8) is 0 Å². The molecule has 0 aliphatic carbocycles. The molecule has 0 spiro atoms. The second-order valence-corrected chi connectivity index (χ2v) is 4.42. The van der Waals surface area contributed by atoms with Gasteiger partial charge in [0.25, 0.3) is 0 Å². The lowest BCUT2D eigenvalue weighted by Crippen LogP contribution is -1.90. The van der Waals surface area contributed by atoms with E-state index in [4.69, 9.17) is 0 Å². The van der Waals surface area contributed by atoms with Gasteiger partial charge in [-0.05, 0) is 36.0 Å². The van der Waals surface area contributed by atoms with Gasteiger partial charge in [-0.3, -0.25) is 0 Å². The third kappa shape index (κ3) is 4.22. The van der Waals surface area contributed by atoms with Crippen LogP contribution in [-0.2, 0) is 0 Å². The highest BCUT2D eigenvalue weighted by atomic mass is 14.1. The zero-order chi connectivity index (χ0) is 11.8. The van der Waals surface area contributed by atoms with Gasteiger partial charge in [-0.15, -0.1) is 0 Å². The Kier molecular flexibility index (Phi) is 5.92. The van der Waals surface area contributed by atoms with Crippen molar-refractivity contribution in [2.45, 2.75) is 52.4 Å². The molecule has 1 atom stereocenters. The van der Waals surface area contributed by atoms with Crippen molar-refractivity contribution in [1.29, 1.82) is 0 Å². The Morgan fingerprint density at radius 3 is 2.44 bits per heavy atom. The molecule has 0 heteroatoms. The van der Waals surface area contributed by atoms with Crippen LogP contribution in [0.5, 0.6) is 0 Å². The minimum Gasteiger partial charge on any atom is -0.0760 e. The van der Waals surface area contributed by atoms with E-state index in [-0.39, 0.29) is 0 Å². The van der Waals surface area contributed by atoms with Crippen LogP contribution in [0.25, 0.3) is 0 Å². The maximum Gasteiger partial charge on any atom is -0.0149 e. The van der Waals surface area contributed by atoms with Crippen molar-refractivity contribution in [3.8, 4) is 0 Å². The van der Waals surface area contributed by atoms with Crippen molar-refractivity contribution in [1.82, 2.24) is 0 Å². The molecule has 0 bridgehead atoms. The SMILES string of the molecule is CCCC/C=[C]\c1ccc(C(C)CC)cc1. The van der Waals surface area contributed by atoms with E-state index in [1.807, 2.05) is 0 Å². The molecule has 0 heterocycles. The summed E-state index contributed by atoms with van der Waals surface area (Å²) in [6.07, 6.45) is 10.4. The molecule has 1 rings (SSSR count). The first kappa shape index (κ1) is 13.0. The fourth-order valence-corrected chi connectivity index (χ4v) is 1.64. The molecule has 16 heavy (non-hydrogen) atoms. The van der Waals surface area contributed by atoms with Crippen molar-refractivity contribution >= 4 is 0 Å². The molecule has 1 radical (unpaired) electrons. The first-order chi connectivity index (χ1) is 7.77. The van der Waals surface area contributed by atoms with Gasteiger partial charge in [0.1, 0.15) is 0 Å². The van der Waals surface area contributed by atoms with Crippen LogP contribution in [0.1, 0.15) is 63.5 Å². The summed E-state index contributed by atoms with van der Waals surface area (Å²) in [6.45, 7) is 6.72. The van der Waals surface area contributed by atoms with Gasteiger partial charge in [-0.1, -0.05) is 64.0 Å². The normalized spacial score (nSPS) is 13.2. The fraction of sp³-hybridized carbons (Fsp3) is 0.500. The van der Waals surface area contributed by atoms with Gasteiger partial charge in [0.05, 0.1) is 0 Å². The zero-order valence-corrected chi connectivity index (χ0v) is 10.8. The molecule has 0 aromatic heterocycles. The van der Waals surface area contributed by atoms with Crippen molar-refractivity contribution in [2.24, 2.45) is 0 Å². The Morgan fingerprint density at radius 2 is 1.88 bits per heavy atom. The van der Waals surface area contributed by atoms with Crippen molar-refractivity contribution in [2.75, 3.05) is 0 Å². The molecule has 0 aliphatic heterocycles. The summed E-state index contributed by atoms with van der Waals surface area (Å²) in [6, 6.07) is 8.79. The Hall–Kier alpha value is -1.04. The lowest BCUT2D eigenvalue weighted by Gasteiger charge is -2.08. The van der Waals surface area contributed by atoms with Gasteiger partial charge >= 0.3 is 0 Å². The summed E-state index contributed by atoms with van der Waals surface area (Å²) in [5, 5.41) is 0. The number of hydrogen-bond acceptors (Lipinski definition) is 0. The standard InChI is InChI=1S/C16H23/c1-4-6-7-8-9-15-10-12-16(13-11-15)14(3)5-2/h8,10-14H,4-7H2,1-3H3. The number of allylic oxidation sites excluding steroid dienone is 1. The van der Waals surface area contributed by atoms with E-state index in [1.54, 1.807) is 0 Å². The molecule has 0 N–H and O–H groups in total. The van der Waals surface area contributed by atoms with Crippen LogP contribution in [-0.4, -0.2) is 0 Å². The summed E-state index contributed by atoms with van der Waals surface area (Å²) in [4.78, 5) is 0. The first-order valence-corrected chi connectivity index (χ1v) is 6.46. The second-order valence-electron chi connectivity index (χ2n) is 4.42. The molecule has 0 saturated carbocycles. The third-order valence-electron chi connectivity index (χ3n) is 3.06. The van der Waals surface area contributed by atoms with Crippen molar-refractivity contribution in [3.05, 3.63) is 47.5 Å². The van der Waals surface area contributed by atoms with Crippen LogP contribution in [0.2, 0.25) is 0 Å². The zero-order valence-electron chi connectivity index (χ0n) is 10.8. The minimum atomic E-state index is 0.665. The molecule has 1 aromatic carbocycles.